The fourth-order valence-electron chi connectivity index (χ4n) is 3.09. The third-order valence-electron chi connectivity index (χ3n) is 4.59. The number of ketones is 2. The largest absolute Gasteiger partial charge is 0.513 e. The lowest BCUT2D eigenvalue weighted by molar-refractivity contribution is 0.0790. The van der Waals surface area contributed by atoms with Gasteiger partial charge in [-0.2, -0.15) is 0 Å². The fourth-order valence-corrected chi connectivity index (χ4v) is 3.09. The molecular formula is C20H19NO5. The summed E-state index contributed by atoms with van der Waals surface area (Å²) in [4.78, 5) is 37.5. The second-order valence-corrected chi connectivity index (χ2v) is 6.48. The van der Waals surface area contributed by atoms with E-state index in [1.807, 2.05) is 13.8 Å². The summed E-state index contributed by atoms with van der Waals surface area (Å²) in [6, 6.07) is 11.4. The van der Waals surface area contributed by atoms with E-state index in [4.69, 9.17) is 10.5 Å². The molecule has 0 radical (unpaired) electrons. The standard InChI is InChI=1S/C20H19NO5/c1-11(2)12-8-9-15(16(10-12)26-19(24)25-3)20(21)17(22)13-6-4-5-7-14(13)18(20)23/h4-11H,21H2,1-3H3. The maximum absolute atomic E-state index is 12.9. The smallest absolute Gasteiger partial charge is 0.437 e. The summed E-state index contributed by atoms with van der Waals surface area (Å²) in [5.41, 5.74) is 5.92. The molecule has 2 aromatic rings. The van der Waals surface area contributed by atoms with Crippen LogP contribution < -0.4 is 10.5 Å². The Balaban J connectivity index is 2.18. The van der Waals surface area contributed by atoms with E-state index in [0.29, 0.717) is 0 Å². The number of hydrogen-bond acceptors (Lipinski definition) is 6. The summed E-state index contributed by atoms with van der Waals surface area (Å²) in [7, 11) is 1.17. The lowest BCUT2D eigenvalue weighted by Gasteiger charge is -2.24. The predicted molar refractivity (Wildman–Crippen MR) is 94.5 cm³/mol. The Morgan fingerprint density at radius 1 is 1.04 bits per heavy atom. The summed E-state index contributed by atoms with van der Waals surface area (Å²) in [6.07, 6.45) is -0.953. The number of ether oxygens (including phenoxy) is 2. The van der Waals surface area contributed by atoms with Crippen LogP contribution in [0, 0.1) is 0 Å². The molecule has 0 spiro atoms. The molecule has 0 atom stereocenters. The van der Waals surface area contributed by atoms with Crippen LogP contribution in [0.3, 0.4) is 0 Å². The maximum Gasteiger partial charge on any atom is 0.513 e. The van der Waals surface area contributed by atoms with Gasteiger partial charge in [-0.3, -0.25) is 9.59 Å². The molecule has 1 aliphatic carbocycles. The first-order valence-corrected chi connectivity index (χ1v) is 8.18. The molecule has 0 bridgehead atoms. The zero-order valence-electron chi connectivity index (χ0n) is 14.7. The lowest BCUT2D eigenvalue weighted by atomic mass is 9.84. The Hall–Kier alpha value is -2.99. The molecule has 6 heteroatoms. The quantitative estimate of drug-likeness (QED) is 0.517. The number of nitrogens with two attached hydrogens (primary N) is 1. The number of carbonyl (C=O) groups is 3. The van der Waals surface area contributed by atoms with Crippen LogP contribution in [0.15, 0.2) is 42.5 Å². The van der Waals surface area contributed by atoms with E-state index in [1.54, 1.807) is 42.5 Å². The molecule has 0 aliphatic heterocycles. The van der Waals surface area contributed by atoms with Crippen LogP contribution in [0.5, 0.6) is 5.75 Å². The first-order valence-electron chi connectivity index (χ1n) is 8.18. The monoisotopic (exact) mass is 353 g/mol. The lowest BCUT2D eigenvalue weighted by Crippen LogP contribution is -2.47. The maximum atomic E-state index is 12.9. The first kappa shape index (κ1) is 17.8. The summed E-state index contributed by atoms with van der Waals surface area (Å²) >= 11 is 0. The van der Waals surface area contributed by atoms with Crippen molar-refractivity contribution in [2.75, 3.05) is 7.11 Å². The average molecular weight is 353 g/mol. The minimum atomic E-state index is -1.94. The molecule has 3 rings (SSSR count). The molecule has 6 nitrogen and oxygen atoms in total. The third kappa shape index (κ3) is 2.59. The second-order valence-electron chi connectivity index (χ2n) is 6.48. The number of methoxy groups -OCH3 is 1. The summed E-state index contributed by atoms with van der Waals surface area (Å²) in [5, 5.41) is 0. The minimum Gasteiger partial charge on any atom is -0.437 e. The molecule has 0 heterocycles. The van der Waals surface area contributed by atoms with Crippen LogP contribution >= 0.6 is 0 Å². The Morgan fingerprint density at radius 3 is 2.12 bits per heavy atom. The van der Waals surface area contributed by atoms with Crippen LogP contribution in [-0.2, 0) is 10.3 Å². The first-order chi connectivity index (χ1) is 12.3. The van der Waals surface area contributed by atoms with Crippen LogP contribution in [-0.4, -0.2) is 24.8 Å². The molecule has 134 valence electrons. The Labute approximate surface area is 150 Å². The van der Waals surface area contributed by atoms with Gasteiger partial charge in [-0.05, 0) is 17.5 Å². The Bertz CT molecular complexity index is 881. The highest BCUT2D eigenvalue weighted by molar-refractivity contribution is 6.32. The number of hydrogen-bond donors (Lipinski definition) is 1. The van der Waals surface area contributed by atoms with E-state index in [9.17, 15) is 14.4 Å². The molecule has 0 saturated heterocycles. The topological polar surface area (TPSA) is 95.7 Å². The van der Waals surface area contributed by atoms with Gasteiger partial charge in [-0.15, -0.1) is 0 Å². The number of benzene rings is 2. The molecular weight excluding hydrogens is 334 g/mol. The summed E-state index contributed by atoms with van der Waals surface area (Å²) < 4.78 is 9.76. The van der Waals surface area contributed by atoms with Crippen molar-refractivity contribution in [3.05, 3.63) is 64.7 Å². The van der Waals surface area contributed by atoms with Gasteiger partial charge in [-0.25, -0.2) is 4.79 Å². The average Bonchev–Trinajstić information content (AvgIpc) is 2.84. The van der Waals surface area contributed by atoms with Crippen molar-refractivity contribution >= 4 is 17.7 Å². The number of rotatable bonds is 3. The molecule has 2 aromatic carbocycles. The van der Waals surface area contributed by atoms with Crippen molar-refractivity contribution in [1.82, 2.24) is 0 Å². The Morgan fingerprint density at radius 2 is 1.62 bits per heavy atom. The van der Waals surface area contributed by atoms with E-state index in [1.165, 1.54) is 7.11 Å². The Kier molecular flexibility index (Phi) is 4.38. The van der Waals surface area contributed by atoms with E-state index in [-0.39, 0.29) is 28.4 Å². The van der Waals surface area contributed by atoms with Gasteiger partial charge in [0.05, 0.1) is 7.11 Å². The molecule has 1 aliphatic rings. The summed E-state index contributed by atoms with van der Waals surface area (Å²) in [5.74, 6) is -0.861. The van der Waals surface area contributed by atoms with Crippen LogP contribution in [0.1, 0.15) is 51.6 Å². The number of fused-ring (bicyclic) bond motifs is 1. The van der Waals surface area contributed by atoms with Crippen molar-refractivity contribution < 1.29 is 23.9 Å². The predicted octanol–water partition coefficient (Wildman–Crippen LogP) is 3.19. The van der Waals surface area contributed by atoms with Crippen LogP contribution in [0.2, 0.25) is 0 Å². The molecule has 0 fully saturated rings. The SMILES string of the molecule is COC(=O)Oc1cc(C(C)C)ccc1C1(N)C(=O)c2ccccc2C1=O. The van der Waals surface area contributed by atoms with Crippen LogP contribution in [0.4, 0.5) is 4.79 Å². The van der Waals surface area contributed by atoms with Gasteiger partial charge in [0.25, 0.3) is 0 Å². The van der Waals surface area contributed by atoms with Gasteiger partial charge in [0.15, 0.2) is 17.1 Å². The van der Waals surface area contributed by atoms with Gasteiger partial charge in [0, 0.05) is 16.7 Å². The van der Waals surface area contributed by atoms with Crippen molar-refractivity contribution in [1.29, 1.82) is 0 Å². The third-order valence-corrected chi connectivity index (χ3v) is 4.59. The zero-order chi connectivity index (χ0) is 19.1. The van der Waals surface area contributed by atoms with E-state index in [2.05, 4.69) is 4.74 Å². The molecule has 0 unspecified atom stereocenters. The molecule has 26 heavy (non-hydrogen) atoms. The number of carbonyl (C=O) groups excluding carboxylic acids is 3. The van der Waals surface area contributed by atoms with Crippen molar-refractivity contribution in [3.63, 3.8) is 0 Å². The van der Waals surface area contributed by atoms with E-state index in [0.717, 1.165) is 5.56 Å². The summed E-state index contributed by atoms with van der Waals surface area (Å²) in [6.45, 7) is 3.94. The van der Waals surface area contributed by atoms with Gasteiger partial charge >= 0.3 is 6.16 Å². The highest BCUT2D eigenvalue weighted by atomic mass is 16.7. The number of Topliss-reactive ketones (excluding diaryl/α,β-unsaturated/α-hetero) is 2. The van der Waals surface area contributed by atoms with Crippen molar-refractivity contribution in [3.8, 4) is 5.75 Å². The van der Waals surface area contributed by atoms with Crippen LogP contribution in [0.25, 0.3) is 0 Å². The molecule has 0 aromatic heterocycles. The molecule has 0 saturated carbocycles. The van der Waals surface area contributed by atoms with Crippen molar-refractivity contribution in [2.45, 2.75) is 25.3 Å². The van der Waals surface area contributed by atoms with Gasteiger partial charge < -0.3 is 15.2 Å². The second kappa shape index (κ2) is 6.38. The normalized spacial score (nSPS) is 15.1. The van der Waals surface area contributed by atoms with Gasteiger partial charge in [0.2, 0.25) is 0 Å². The molecule has 0 amide bonds. The molecule has 2 N–H and O–H groups in total. The fraction of sp³-hybridized carbons (Fsp3) is 0.250. The zero-order valence-corrected chi connectivity index (χ0v) is 14.7. The van der Waals surface area contributed by atoms with Gasteiger partial charge in [0.1, 0.15) is 5.75 Å². The van der Waals surface area contributed by atoms with E-state index >= 15 is 0 Å². The minimum absolute atomic E-state index is 0.0417. The highest BCUT2D eigenvalue weighted by Gasteiger charge is 2.52. The van der Waals surface area contributed by atoms with Crippen molar-refractivity contribution in [2.24, 2.45) is 5.73 Å². The van der Waals surface area contributed by atoms with E-state index < -0.39 is 23.3 Å². The van der Waals surface area contributed by atoms with Gasteiger partial charge in [-0.1, -0.05) is 50.2 Å². The highest BCUT2D eigenvalue weighted by Crippen LogP contribution is 2.40.